The Hall–Kier alpha value is -1.19. The zero-order valence-electron chi connectivity index (χ0n) is 10.2. The quantitative estimate of drug-likeness (QED) is 0.897. The molecule has 0 aliphatic carbocycles. The maximum absolute atomic E-state index is 8.99. The Bertz CT molecular complexity index is 473. The molecule has 0 aliphatic heterocycles. The van der Waals surface area contributed by atoms with Crippen LogP contribution in [0.4, 0.5) is 0 Å². The van der Waals surface area contributed by atoms with E-state index in [-0.39, 0.29) is 6.61 Å². The lowest BCUT2D eigenvalue weighted by atomic mass is 10.0. The molecule has 1 aromatic carbocycles. The fraction of sp³-hybridized carbons (Fsp3) is 0.357. The van der Waals surface area contributed by atoms with E-state index in [0.29, 0.717) is 5.92 Å². The first-order chi connectivity index (χ1) is 8.19. The SMILES string of the molecule is CC(C)Cc1ccc(-c2csc(CO)n2)cc1. The summed E-state index contributed by atoms with van der Waals surface area (Å²) in [6, 6.07) is 8.53. The van der Waals surface area contributed by atoms with Gasteiger partial charge in [0.15, 0.2) is 0 Å². The van der Waals surface area contributed by atoms with Gasteiger partial charge in [-0.15, -0.1) is 11.3 Å². The summed E-state index contributed by atoms with van der Waals surface area (Å²) >= 11 is 1.50. The van der Waals surface area contributed by atoms with Gasteiger partial charge in [-0.05, 0) is 17.9 Å². The Morgan fingerprint density at radius 3 is 2.47 bits per heavy atom. The number of thiazole rings is 1. The van der Waals surface area contributed by atoms with Gasteiger partial charge in [0.05, 0.1) is 12.3 Å². The highest BCUT2D eigenvalue weighted by Crippen LogP contribution is 2.22. The second-order valence-electron chi connectivity index (χ2n) is 4.58. The standard InChI is InChI=1S/C14H17NOS/c1-10(2)7-11-3-5-12(6-4-11)13-9-17-14(8-16)15-13/h3-6,9-10,16H,7-8H2,1-2H3. The zero-order chi connectivity index (χ0) is 12.3. The predicted molar refractivity (Wildman–Crippen MR) is 72.0 cm³/mol. The highest BCUT2D eigenvalue weighted by molar-refractivity contribution is 7.09. The van der Waals surface area contributed by atoms with E-state index in [2.05, 4.69) is 43.1 Å². The van der Waals surface area contributed by atoms with Crippen molar-refractivity contribution in [2.75, 3.05) is 0 Å². The zero-order valence-corrected chi connectivity index (χ0v) is 11.0. The van der Waals surface area contributed by atoms with Gasteiger partial charge >= 0.3 is 0 Å². The maximum Gasteiger partial charge on any atom is 0.119 e. The van der Waals surface area contributed by atoms with E-state index in [1.54, 1.807) is 0 Å². The first-order valence-corrected chi connectivity index (χ1v) is 6.71. The van der Waals surface area contributed by atoms with Crippen LogP contribution in [0, 0.1) is 5.92 Å². The Morgan fingerprint density at radius 2 is 1.94 bits per heavy atom. The first-order valence-electron chi connectivity index (χ1n) is 5.83. The summed E-state index contributed by atoms with van der Waals surface area (Å²) in [4.78, 5) is 4.36. The largest absolute Gasteiger partial charge is 0.389 e. The Kier molecular flexibility index (Phi) is 3.92. The van der Waals surface area contributed by atoms with Crippen LogP contribution in [-0.4, -0.2) is 10.1 Å². The summed E-state index contributed by atoms with van der Waals surface area (Å²) in [5.41, 5.74) is 3.44. The normalized spacial score (nSPS) is 11.1. The molecular weight excluding hydrogens is 230 g/mol. The molecule has 2 aromatic rings. The third kappa shape index (κ3) is 3.14. The van der Waals surface area contributed by atoms with Gasteiger partial charge in [0.2, 0.25) is 0 Å². The Morgan fingerprint density at radius 1 is 1.24 bits per heavy atom. The average Bonchev–Trinajstić information content (AvgIpc) is 2.78. The van der Waals surface area contributed by atoms with Gasteiger partial charge in [-0.2, -0.15) is 0 Å². The van der Waals surface area contributed by atoms with E-state index in [1.165, 1.54) is 16.9 Å². The molecule has 1 aromatic heterocycles. The minimum Gasteiger partial charge on any atom is -0.389 e. The lowest BCUT2D eigenvalue weighted by Gasteiger charge is -2.05. The van der Waals surface area contributed by atoms with Gasteiger partial charge in [0.1, 0.15) is 5.01 Å². The lowest BCUT2D eigenvalue weighted by molar-refractivity contribution is 0.281. The van der Waals surface area contributed by atoms with Crippen LogP contribution < -0.4 is 0 Å². The van der Waals surface area contributed by atoms with Gasteiger partial charge in [-0.25, -0.2) is 4.98 Å². The van der Waals surface area contributed by atoms with Crippen molar-refractivity contribution in [1.29, 1.82) is 0 Å². The Balaban J connectivity index is 2.17. The van der Waals surface area contributed by atoms with Crippen LogP contribution in [0.3, 0.4) is 0 Å². The van der Waals surface area contributed by atoms with Crippen LogP contribution in [0.2, 0.25) is 0 Å². The van der Waals surface area contributed by atoms with E-state index in [1.807, 2.05) is 5.38 Å². The third-order valence-electron chi connectivity index (χ3n) is 2.58. The molecule has 0 aliphatic rings. The van der Waals surface area contributed by atoms with Crippen LogP contribution in [0.1, 0.15) is 24.4 Å². The van der Waals surface area contributed by atoms with Gasteiger partial charge in [0.25, 0.3) is 0 Å². The summed E-state index contributed by atoms with van der Waals surface area (Å²) in [7, 11) is 0. The van der Waals surface area contributed by atoms with Gasteiger partial charge < -0.3 is 5.11 Å². The predicted octanol–water partition coefficient (Wildman–Crippen LogP) is 3.50. The van der Waals surface area contributed by atoms with Crippen molar-refractivity contribution in [3.05, 3.63) is 40.2 Å². The molecule has 1 heterocycles. The van der Waals surface area contributed by atoms with Crippen molar-refractivity contribution in [2.24, 2.45) is 5.92 Å². The van der Waals surface area contributed by atoms with Crippen LogP contribution in [0.15, 0.2) is 29.6 Å². The van der Waals surface area contributed by atoms with E-state index in [0.717, 1.165) is 22.7 Å². The Labute approximate surface area is 106 Å². The molecule has 0 saturated carbocycles. The molecule has 2 rings (SSSR count). The van der Waals surface area contributed by atoms with Crippen molar-refractivity contribution in [3.63, 3.8) is 0 Å². The first kappa shape index (κ1) is 12.3. The van der Waals surface area contributed by atoms with E-state index in [9.17, 15) is 0 Å². The smallest absolute Gasteiger partial charge is 0.119 e. The summed E-state index contributed by atoms with van der Waals surface area (Å²) in [6.07, 6.45) is 1.11. The van der Waals surface area contributed by atoms with Gasteiger partial charge in [0, 0.05) is 10.9 Å². The minimum atomic E-state index is 0.0239. The number of aromatic nitrogens is 1. The monoisotopic (exact) mass is 247 g/mol. The number of aliphatic hydroxyl groups excluding tert-OH is 1. The van der Waals surface area contributed by atoms with Crippen molar-refractivity contribution < 1.29 is 5.11 Å². The molecule has 17 heavy (non-hydrogen) atoms. The van der Waals surface area contributed by atoms with Crippen LogP contribution in [0.5, 0.6) is 0 Å². The fourth-order valence-electron chi connectivity index (χ4n) is 1.80. The molecule has 0 spiro atoms. The summed E-state index contributed by atoms with van der Waals surface area (Å²) in [5, 5.41) is 11.7. The number of rotatable bonds is 4. The molecule has 1 N–H and O–H groups in total. The van der Waals surface area contributed by atoms with Gasteiger partial charge in [-0.3, -0.25) is 0 Å². The number of hydrogen-bond acceptors (Lipinski definition) is 3. The van der Waals surface area contributed by atoms with Crippen molar-refractivity contribution in [1.82, 2.24) is 4.98 Å². The van der Waals surface area contributed by atoms with Gasteiger partial charge in [-0.1, -0.05) is 38.1 Å². The molecule has 0 radical (unpaired) electrons. The van der Waals surface area contributed by atoms with Crippen molar-refractivity contribution in [2.45, 2.75) is 26.9 Å². The minimum absolute atomic E-state index is 0.0239. The molecule has 0 bridgehead atoms. The molecule has 3 heteroatoms. The highest BCUT2D eigenvalue weighted by Gasteiger charge is 2.04. The second-order valence-corrected chi connectivity index (χ2v) is 5.52. The van der Waals surface area contributed by atoms with Crippen LogP contribution in [0.25, 0.3) is 11.3 Å². The van der Waals surface area contributed by atoms with Crippen LogP contribution in [-0.2, 0) is 13.0 Å². The number of benzene rings is 1. The molecule has 2 nitrogen and oxygen atoms in total. The topological polar surface area (TPSA) is 33.1 Å². The fourth-order valence-corrected chi connectivity index (χ4v) is 2.46. The molecule has 90 valence electrons. The summed E-state index contributed by atoms with van der Waals surface area (Å²) in [5.74, 6) is 0.682. The van der Waals surface area contributed by atoms with E-state index in [4.69, 9.17) is 5.11 Å². The maximum atomic E-state index is 8.99. The van der Waals surface area contributed by atoms with Crippen LogP contribution >= 0.6 is 11.3 Å². The third-order valence-corrected chi connectivity index (χ3v) is 3.41. The number of aliphatic hydroxyl groups is 1. The summed E-state index contributed by atoms with van der Waals surface area (Å²) in [6.45, 7) is 4.47. The van der Waals surface area contributed by atoms with Crippen molar-refractivity contribution >= 4 is 11.3 Å². The molecule has 0 amide bonds. The summed E-state index contributed by atoms with van der Waals surface area (Å²) < 4.78 is 0. The number of nitrogens with zero attached hydrogens (tertiary/aromatic N) is 1. The second kappa shape index (κ2) is 5.43. The average molecular weight is 247 g/mol. The number of hydrogen-bond donors (Lipinski definition) is 1. The lowest BCUT2D eigenvalue weighted by Crippen LogP contribution is -1.93. The molecule has 0 saturated heterocycles. The van der Waals surface area contributed by atoms with E-state index >= 15 is 0 Å². The van der Waals surface area contributed by atoms with E-state index < -0.39 is 0 Å². The molecule has 0 atom stereocenters. The molecule has 0 unspecified atom stereocenters. The molecule has 0 fully saturated rings. The van der Waals surface area contributed by atoms with Crippen molar-refractivity contribution in [3.8, 4) is 11.3 Å². The highest BCUT2D eigenvalue weighted by atomic mass is 32.1. The molecular formula is C14H17NOS.